The number of hydrogen-bond acceptors (Lipinski definition) is 3. The Kier molecular flexibility index (Phi) is 5.63. The monoisotopic (exact) mass is 250 g/mol. The van der Waals surface area contributed by atoms with E-state index in [1.165, 1.54) is 5.56 Å². The first-order chi connectivity index (χ1) is 8.49. The Morgan fingerprint density at radius 3 is 2.33 bits per heavy atom. The lowest BCUT2D eigenvalue weighted by Crippen LogP contribution is -2.42. The fraction of sp³-hybridized carbons (Fsp3) is 0.600. The van der Waals surface area contributed by atoms with Crippen LogP contribution in [0.25, 0.3) is 0 Å². The van der Waals surface area contributed by atoms with Crippen molar-refractivity contribution in [1.29, 1.82) is 0 Å². The third-order valence-corrected chi connectivity index (χ3v) is 3.44. The third-order valence-electron chi connectivity index (χ3n) is 3.44. The predicted octanol–water partition coefficient (Wildman–Crippen LogP) is 2.64. The number of hydrogen-bond donors (Lipinski definition) is 1. The molecule has 0 fully saturated rings. The van der Waals surface area contributed by atoms with Gasteiger partial charge >= 0.3 is 0 Å². The van der Waals surface area contributed by atoms with Crippen LogP contribution in [0.5, 0.6) is 5.75 Å². The Morgan fingerprint density at radius 2 is 1.83 bits per heavy atom. The molecule has 0 unspecified atom stereocenters. The number of nitrogens with two attached hydrogens (primary N) is 1. The van der Waals surface area contributed by atoms with Crippen LogP contribution in [0.2, 0.25) is 0 Å². The zero-order chi connectivity index (χ0) is 13.6. The molecule has 1 aromatic carbocycles. The van der Waals surface area contributed by atoms with Gasteiger partial charge in [0, 0.05) is 12.1 Å². The molecule has 0 aliphatic carbocycles. The number of rotatable bonds is 7. The molecule has 3 heteroatoms. The minimum atomic E-state index is 0.132. The molecule has 0 radical (unpaired) electrons. The zero-order valence-electron chi connectivity index (χ0n) is 12.1. The Hall–Kier alpha value is -1.06. The fourth-order valence-corrected chi connectivity index (χ4v) is 1.89. The van der Waals surface area contributed by atoms with E-state index in [-0.39, 0.29) is 5.54 Å². The van der Waals surface area contributed by atoms with Gasteiger partial charge in [0.2, 0.25) is 0 Å². The lowest BCUT2D eigenvalue weighted by atomic mass is 9.98. The van der Waals surface area contributed by atoms with E-state index in [9.17, 15) is 0 Å². The highest BCUT2D eigenvalue weighted by Gasteiger charge is 2.22. The van der Waals surface area contributed by atoms with Crippen molar-refractivity contribution in [2.75, 3.05) is 20.2 Å². The van der Waals surface area contributed by atoms with Crippen LogP contribution in [-0.4, -0.2) is 30.6 Å². The minimum Gasteiger partial charge on any atom is -0.494 e. The van der Waals surface area contributed by atoms with Gasteiger partial charge in [-0.1, -0.05) is 12.1 Å². The van der Waals surface area contributed by atoms with Gasteiger partial charge in [-0.2, -0.15) is 0 Å². The van der Waals surface area contributed by atoms with Gasteiger partial charge in [0.1, 0.15) is 5.75 Å². The fourth-order valence-electron chi connectivity index (χ4n) is 1.89. The molecule has 0 amide bonds. The van der Waals surface area contributed by atoms with Gasteiger partial charge in [0.25, 0.3) is 0 Å². The van der Waals surface area contributed by atoms with Crippen LogP contribution in [-0.2, 0) is 6.54 Å². The molecule has 0 saturated heterocycles. The summed E-state index contributed by atoms with van der Waals surface area (Å²) in [5.74, 6) is 0.935. The molecule has 102 valence electrons. The van der Waals surface area contributed by atoms with Crippen LogP contribution in [0, 0.1) is 0 Å². The molecule has 18 heavy (non-hydrogen) atoms. The molecule has 0 bridgehead atoms. The van der Waals surface area contributed by atoms with E-state index in [1.807, 2.05) is 19.1 Å². The zero-order valence-corrected chi connectivity index (χ0v) is 12.1. The summed E-state index contributed by atoms with van der Waals surface area (Å²) >= 11 is 0. The number of benzene rings is 1. The van der Waals surface area contributed by atoms with E-state index in [2.05, 4.69) is 37.9 Å². The van der Waals surface area contributed by atoms with Gasteiger partial charge in [0.05, 0.1) is 6.61 Å². The predicted molar refractivity (Wildman–Crippen MR) is 76.8 cm³/mol. The summed E-state index contributed by atoms with van der Waals surface area (Å²) < 4.78 is 5.44. The molecule has 0 aliphatic rings. The summed E-state index contributed by atoms with van der Waals surface area (Å²) in [5, 5.41) is 0. The molecular weight excluding hydrogens is 224 g/mol. The molecule has 3 nitrogen and oxygen atoms in total. The maximum Gasteiger partial charge on any atom is 0.119 e. The van der Waals surface area contributed by atoms with Gasteiger partial charge in [-0.25, -0.2) is 0 Å². The van der Waals surface area contributed by atoms with Crippen molar-refractivity contribution in [2.45, 2.75) is 39.3 Å². The normalized spacial score (nSPS) is 11.9. The van der Waals surface area contributed by atoms with E-state index in [0.29, 0.717) is 6.61 Å². The summed E-state index contributed by atoms with van der Waals surface area (Å²) in [6.45, 7) is 8.82. The molecule has 0 spiro atoms. The average molecular weight is 250 g/mol. The number of nitrogens with zero attached hydrogens (tertiary/aromatic N) is 1. The summed E-state index contributed by atoms with van der Waals surface area (Å²) in [6, 6.07) is 8.31. The Morgan fingerprint density at radius 1 is 1.22 bits per heavy atom. The quantitative estimate of drug-likeness (QED) is 0.808. The van der Waals surface area contributed by atoms with Crippen LogP contribution in [0.15, 0.2) is 24.3 Å². The van der Waals surface area contributed by atoms with Gasteiger partial charge in [-0.05, 0) is 58.5 Å². The molecular formula is C15H26N2O. The lowest BCUT2D eigenvalue weighted by Gasteiger charge is -2.35. The molecule has 1 rings (SSSR count). The summed E-state index contributed by atoms with van der Waals surface area (Å²) in [5.41, 5.74) is 7.09. The maximum atomic E-state index is 5.66. The molecule has 1 aromatic rings. The van der Waals surface area contributed by atoms with Gasteiger partial charge < -0.3 is 10.5 Å². The first-order valence-electron chi connectivity index (χ1n) is 6.62. The minimum absolute atomic E-state index is 0.132. The Balaban J connectivity index is 2.61. The lowest BCUT2D eigenvalue weighted by molar-refractivity contribution is 0.140. The molecule has 2 N–H and O–H groups in total. The second kappa shape index (κ2) is 6.76. The second-order valence-electron chi connectivity index (χ2n) is 5.28. The second-order valence-corrected chi connectivity index (χ2v) is 5.28. The summed E-state index contributed by atoms with van der Waals surface area (Å²) in [4.78, 5) is 2.34. The first kappa shape index (κ1) is 15.0. The van der Waals surface area contributed by atoms with Gasteiger partial charge in [-0.3, -0.25) is 4.90 Å². The van der Waals surface area contributed by atoms with Crippen molar-refractivity contribution in [3.8, 4) is 5.75 Å². The molecule has 0 aromatic heterocycles. The van der Waals surface area contributed by atoms with Gasteiger partial charge in [0.15, 0.2) is 0 Å². The van der Waals surface area contributed by atoms with Crippen LogP contribution in [0.4, 0.5) is 0 Å². The summed E-state index contributed by atoms with van der Waals surface area (Å²) in [6.07, 6.45) is 1.00. The maximum absolute atomic E-state index is 5.66. The highest BCUT2D eigenvalue weighted by Crippen LogP contribution is 2.20. The van der Waals surface area contributed by atoms with E-state index in [4.69, 9.17) is 10.5 Å². The van der Waals surface area contributed by atoms with E-state index >= 15 is 0 Å². The largest absolute Gasteiger partial charge is 0.494 e. The van der Waals surface area contributed by atoms with E-state index in [0.717, 1.165) is 25.3 Å². The van der Waals surface area contributed by atoms with E-state index in [1.54, 1.807) is 0 Å². The standard InChI is InChI=1S/C15H26N2O/c1-5-18-14-8-6-13(7-9-14)12-17(4)15(2,3)10-11-16/h6-9H,5,10-12,16H2,1-4H3. The smallest absolute Gasteiger partial charge is 0.119 e. The van der Waals surface area contributed by atoms with Crippen LogP contribution < -0.4 is 10.5 Å². The topological polar surface area (TPSA) is 38.5 Å². The highest BCUT2D eigenvalue weighted by molar-refractivity contribution is 5.27. The van der Waals surface area contributed by atoms with Crippen molar-refractivity contribution in [3.05, 3.63) is 29.8 Å². The highest BCUT2D eigenvalue weighted by atomic mass is 16.5. The third kappa shape index (κ3) is 4.31. The van der Waals surface area contributed by atoms with Crippen molar-refractivity contribution >= 4 is 0 Å². The first-order valence-corrected chi connectivity index (χ1v) is 6.62. The average Bonchev–Trinajstić information content (AvgIpc) is 2.32. The van der Waals surface area contributed by atoms with Crippen LogP contribution in [0.1, 0.15) is 32.8 Å². The Bertz CT molecular complexity index is 346. The van der Waals surface area contributed by atoms with E-state index < -0.39 is 0 Å². The van der Waals surface area contributed by atoms with Crippen LogP contribution in [0.3, 0.4) is 0 Å². The van der Waals surface area contributed by atoms with Crippen molar-refractivity contribution in [1.82, 2.24) is 4.90 Å². The van der Waals surface area contributed by atoms with Crippen LogP contribution >= 0.6 is 0 Å². The Labute approximate surface area is 111 Å². The SMILES string of the molecule is CCOc1ccc(CN(C)C(C)(C)CCN)cc1. The van der Waals surface area contributed by atoms with Gasteiger partial charge in [-0.15, -0.1) is 0 Å². The molecule has 0 aliphatic heterocycles. The van der Waals surface area contributed by atoms with Crippen molar-refractivity contribution in [2.24, 2.45) is 5.73 Å². The number of ether oxygens (including phenoxy) is 1. The van der Waals surface area contributed by atoms with Crippen molar-refractivity contribution in [3.63, 3.8) is 0 Å². The van der Waals surface area contributed by atoms with Crippen molar-refractivity contribution < 1.29 is 4.74 Å². The molecule has 0 atom stereocenters. The molecule has 0 saturated carbocycles. The molecule has 0 heterocycles. The summed E-state index contributed by atoms with van der Waals surface area (Å²) in [7, 11) is 2.14.